The molecule has 16 aliphatic carbocycles. The van der Waals surface area contributed by atoms with E-state index in [-0.39, 0.29) is 91.6 Å². The molecule has 28 rings (SSSR count). The minimum atomic E-state index is -0.846. The Hall–Kier alpha value is -6.39. The van der Waals surface area contributed by atoms with Crippen LogP contribution in [0, 0.1) is 45.8 Å². The Morgan fingerprint density at radius 2 is 0.982 bits per heavy atom. The molecule has 0 radical (unpaired) electrons. The lowest BCUT2D eigenvalue weighted by molar-refractivity contribution is -0.300. The molecule has 7 spiro atoms. The summed E-state index contributed by atoms with van der Waals surface area (Å²) in [5.74, 6) is 8.98. The lowest BCUT2D eigenvalue weighted by Gasteiger charge is -2.75. The van der Waals surface area contributed by atoms with E-state index in [1.165, 1.54) is 88.9 Å². The number of ether oxygens (including phenoxy) is 11. The number of likely N-dealkylation sites (tertiary alicyclic amines) is 4. The first-order valence-corrected chi connectivity index (χ1v) is 43.5. The van der Waals surface area contributed by atoms with Gasteiger partial charge in [-0.25, -0.2) is 0 Å². The summed E-state index contributed by atoms with van der Waals surface area (Å²) in [7, 11) is 16.8. The third-order valence-electron chi connectivity index (χ3n) is 36.2. The second-order valence-corrected chi connectivity index (χ2v) is 40.6. The third kappa shape index (κ3) is 8.69. The number of fused-ring (bicyclic) bond motifs is 5. The summed E-state index contributed by atoms with van der Waals surface area (Å²) in [6.07, 6.45) is 29.4. The van der Waals surface area contributed by atoms with E-state index in [0.29, 0.717) is 29.9 Å². The van der Waals surface area contributed by atoms with Crippen LogP contribution in [0.25, 0.3) is 0 Å². The molecule has 8 aliphatic heterocycles. The molecule has 114 heavy (non-hydrogen) atoms. The van der Waals surface area contributed by atoms with E-state index >= 15 is 0 Å². The molecule has 21 atom stereocenters. The normalized spacial score (nSPS) is 42.1. The van der Waals surface area contributed by atoms with Gasteiger partial charge in [-0.15, -0.1) is 0 Å². The second-order valence-electron chi connectivity index (χ2n) is 40.6. The molecule has 610 valence electrons. The second kappa shape index (κ2) is 24.2. The van der Waals surface area contributed by atoms with Crippen molar-refractivity contribution in [2.75, 3.05) is 103 Å². The molecule has 4 saturated heterocycles. The van der Waals surface area contributed by atoms with E-state index in [1.54, 1.807) is 42.5 Å². The molecule has 19 nitrogen and oxygen atoms in total. The van der Waals surface area contributed by atoms with Gasteiger partial charge in [-0.1, -0.05) is 42.5 Å². The van der Waals surface area contributed by atoms with Gasteiger partial charge in [0.15, 0.2) is 52.1 Å². The molecule has 0 amide bonds. The van der Waals surface area contributed by atoms with Gasteiger partial charge in [-0.2, -0.15) is 0 Å². The topological polar surface area (TPSA) is 192 Å². The number of hydrogen-bond acceptors (Lipinski definition) is 19. The first kappa shape index (κ1) is 73.9. The van der Waals surface area contributed by atoms with Crippen molar-refractivity contribution in [1.29, 1.82) is 0 Å². The maximum absolute atomic E-state index is 12.8. The van der Waals surface area contributed by atoms with Gasteiger partial charge in [0.1, 0.15) is 46.7 Å². The maximum atomic E-state index is 12.8. The molecule has 8 heterocycles. The average Bonchev–Trinajstić information content (AvgIpc) is 1.32. The number of Topliss-reactive ketones (excluding diaryl/α,β-unsaturated/α-hetero) is 1. The fourth-order valence-corrected chi connectivity index (χ4v) is 31.4. The predicted molar refractivity (Wildman–Crippen MR) is 429 cm³/mol. The van der Waals surface area contributed by atoms with Crippen molar-refractivity contribution >= 4 is 5.78 Å². The van der Waals surface area contributed by atoms with Gasteiger partial charge in [0, 0.05) is 120 Å². The summed E-state index contributed by atoms with van der Waals surface area (Å²) in [5.41, 5.74) is 8.80. The van der Waals surface area contributed by atoms with Crippen molar-refractivity contribution in [1.82, 2.24) is 19.6 Å². The van der Waals surface area contributed by atoms with Crippen molar-refractivity contribution in [3.63, 3.8) is 0 Å². The smallest absolute Gasteiger partial charge is 0.169 e. The summed E-state index contributed by atoms with van der Waals surface area (Å²) >= 11 is 0. The summed E-state index contributed by atoms with van der Waals surface area (Å²) in [6.45, 7) is 16.4. The first-order chi connectivity index (χ1) is 54.7. The number of hydrogen-bond donors (Lipinski definition) is 3. The highest BCUT2D eigenvalue weighted by atomic mass is 16.6. The zero-order chi connectivity index (χ0) is 78.7. The quantitative estimate of drug-likeness (QED) is 0.101. The molecule has 24 aliphatic rings. The van der Waals surface area contributed by atoms with Crippen LogP contribution >= 0.6 is 0 Å². The van der Waals surface area contributed by atoms with Crippen LogP contribution in [-0.2, 0) is 71.1 Å². The zero-order valence-electron chi connectivity index (χ0n) is 69.6. The van der Waals surface area contributed by atoms with Crippen LogP contribution < -0.4 is 33.2 Å². The van der Waals surface area contributed by atoms with Crippen LogP contribution in [0.15, 0.2) is 84.2 Å². The van der Waals surface area contributed by atoms with E-state index in [2.05, 4.69) is 88.3 Å². The number of aromatic hydroxyl groups is 1. The Morgan fingerprint density at radius 1 is 0.500 bits per heavy atom. The zero-order valence-corrected chi connectivity index (χ0v) is 69.6. The Morgan fingerprint density at radius 3 is 1.49 bits per heavy atom. The van der Waals surface area contributed by atoms with Crippen molar-refractivity contribution < 1.29 is 72.2 Å². The van der Waals surface area contributed by atoms with Gasteiger partial charge < -0.3 is 72.3 Å². The maximum Gasteiger partial charge on any atom is 0.169 e. The predicted octanol–water partition coefficient (Wildman–Crippen LogP) is 12.0. The standard InChI is InChI=1S/C27H37NO4.C26H35NO4.C23H27NO4.C19H21NO3/c1-24(2,29)19-14-25-9-10-27(19,31-4)23-26(25)11-12-28(15-16-5-6-16)20(25)13-17-7-8-18(30-3)22(32-23)21(17)26;1-23(2,29)18-13-24-8-9-26(18,30-3)22-25(24)10-11-27(14-15-4-5-15)19(24)12-16-6-7-17(28)21(31-22)20(16)25;1-13(25)15-12-21-7-8-23(15,27-4)20-22(21)9-10-24(2)17(21)11-14-5-6-16(26-3)19(28-20)18(14)22;1-20-9-8-19-12-5-7-15(22-3)18(19)23-17-14(21-2)6-4-11(16(17)19)10-13(12)20/h7-8,16,19-20,23,29H,5-6,9-15H2,1-4H3;6-7,15,18-19,22,28-29H,4-5,8-14H2,1-3H3;5-8,15,17,20H,9-12H2,1-4H3;4-7,13,18H,8-10H2,1-3H3/t19-,20?,23-,25-,26+,27-;18-,19?,22-,24-,25+,26-;15-,17?,20-,21-,22+,23-;13?,18-,19-/m1110/s1. The van der Waals surface area contributed by atoms with Crippen molar-refractivity contribution in [3.8, 4) is 46.0 Å². The molecule has 13 fully saturated rings. The largest absolute Gasteiger partial charge is 0.504 e. The lowest BCUT2D eigenvalue weighted by atomic mass is 9.34. The summed E-state index contributed by atoms with van der Waals surface area (Å²) < 4.78 is 68.9. The number of benzene rings is 4. The highest BCUT2D eigenvalue weighted by Gasteiger charge is 2.85. The number of methoxy groups -OCH3 is 7. The first-order valence-electron chi connectivity index (χ1n) is 43.5. The minimum absolute atomic E-state index is 0.0123. The van der Waals surface area contributed by atoms with Crippen LogP contribution in [0.3, 0.4) is 0 Å². The van der Waals surface area contributed by atoms with Gasteiger partial charge in [-0.05, 0) is 267 Å². The number of phenolic OH excluding ortho intramolecular Hbond substituents is 1. The SMILES string of the molecule is COC1=CC=C2C3Cc4ccc(OC)c5c4[C@@]2(CCN3C)[C@H]1O5.CO[C@]12CC[C@@]3(C[C@@H]1C(C)(C)O)C1Cc4ccc(O)c5c4[C@@]3(CCN1CC1CC1)[C@H]2O5.COc1ccc2c3c1O[C@H]1[C@@]4(OC)C=C[C@@]5(C[C@@H]4C(C)=O)C(C2)N(C)CC[C@]315.COc1ccc2c3c1O[C@H]1[C@@]4(OC)CC[C@@]5(C[C@@H]4C(C)(C)O)C(C2)N(CC2CC2)CC[C@]315. The van der Waals surface area contributed by atoms with Crippen molar-refractivity contribution in [3.05, 3.63) is 129 Å². The van der Waals surface area contributed by atoms with Crippen molar-refractivity contribution in [2.45, 2.75) is 255 Å². The fourth-order valence-electron chi connectivity index (χ4n) is 31.4. The fraction of sp³-hybridized carbons (Fsp3) is 0.674. The lowest BCUT2D eigenvalue weighted by Crippen LogP contribution is -2.82. The molecule has 4 aromatic rings. The number of piperidine rings is 4. The van der Waals surface area contributed by atoms with E-state index < -0.39 is 28.0 Å². The van der Waals surface area contributed by atoms with E-state index in [9.17, 15) is 20.1 Å². The highest BCUT2D eigenvalue weighted by molar-refractivity contribution is 5.83. The van der Waals surface area contributed by atoms with Crippen LogP contribution in [0.1, 0.15) is 175 Å². The Balaban J connectivity index is 0.0000000933. The van der Waals surface area contributed by atoms with Crippen LogP contribution in [0.4, 0.5) is 0 Å². The van der Waals surface area contributed by atoms with E-state index in [0.717, 1.165) is 175 Å². The number of carbonyl (C=O) groups excluding carboxylic acids is 1. The number of nitrogens with zero attached hydrogens (tertiary/aromatic N) is 4. The summed E-state index contributed by atoms with van der Waals surface area (Å²) in [5, 5.41) is 33.6. The van der Waals surface area contributed by atoms with E-state index in [1.807, 2.05) is 60.1 Å². The van der Waals surface area contributed by atoms with Gasteiger partial charge in [-0.3, -0.25) is 19.5 Å². The number of carbonyl (C=O) groups is 1. The molecule has 14 bridgehead atoms. The van der Waals surface area contributed by atoms with Gasteiger partial charge in [0.2, 0.25) is 0 Å². The highest BCUT2D eigenvalue weighted by Crippen LogP contribution is 2.81. The molecule has 0 aromatic heterocycles. The number of likely N-dealkylation sites (N-methyl/N-ethyl adjacent to an activating group) is 2. The Labute approximate surface area is 672 Å². The number of aliphatic hydroxyl groups is 2. The summed E-state index contributed by atoms with van der Waals surface area (Å²) in [4.78, 5) is 23.4. The van der Waals surface area contributed by atoms with Crippen molar-refractivity contribution in [2.24, 2.45) is 45.8 Å². The number of allylic oxidation sites excluding steroid dienone is 2. The van der Waals surface area contributed by atoms with Gasteiger partial charge in [0.25, 0.3) is 0 Å². The van der Waals surface area contributed by atoms with Crippen LogP contribution in [0.5, 0.6) is 46.0 Å². The average molecular weight is 1560 g/mol. The number of ketones is 1. The molecule has 19 heteroatoms. The Bertz CT molecular complexity index is 4840. The Kier molecular flexibility index (Phi) is 15.7. The van der Waals surface area contributed by atoms with Crippen LogP contribution in [0.2, 0.25) is 0 Å². The van der Waals surface area contributed by atoms with Gasteiger partial charge in [0.05, 0.1) is 56.4 Å². The van der Waals surface area contributed by atoms with Gasteiger partial charge >= 0.3 is 0 Å². The molecule has 3 N–H and O–H groups in total. The third-order valence-corrected chi connectivity index (χ3v) is 36.2. The number of rotatable bonds is 14. The molecule has 4 unspecified atom stereocenters. The molecular formula is C95H120N4O15. The summed E-state index contributed by atoms with van der Waals surface area (Å²) in [6, 6.07) is 18.7. The van der Waals surface area contributed by atoms with Crippen LogP contribution in [-0.4, -0.2) is 220 Å². The minimum Gasteiger partial charge on any atom is -0.504 e. The monoisotopic (exact) mass is 1560 g/mol. The molecule has 4 aromatic carbocycles. The number of phenols is 1. The molecular weight excluding hydrogens is 1440 g/mol. The van der Waals surface area contributed by atoms with E-state index in [4.69, 9.17) is 52.1 Å². The molecule has 9 saturated carbocycles.